The van der Waals surface area contributed by atoms with E-state index in [4.69, 9.17) is 13.9 Å². The lowest BCUT2D eigenvalue weighted by Gasteiger charge is -2.25. The molecule has 1 aromatic heterocycles. The Hall–Kier alpha value is -2.50. The fourth-order valence-electron chi connectivity index (χ4n) is 3.24. The fraction of sp³-hybridized carbons (Fsp3) is 0.474. The number of oxazole rings is 1. The number of aryl methyl sites for hydroxylation is 1. The number of nitrogens with zero attached hydrogens (tertiary/aromatic N) is 2. The zero-order chi connectivity index (χ0) is 18.0. The second kappa shape index (κ2) is 7.17. The van der Waals surface area contributed by atoms with Gasteiger partial charge in [-0.1, -0.05) is 6.07 Å². The highest BCUT2D eigenvalue weighted by atomic mass is 16.5. The number of hydrogen-bond donors (Lipinski definition) is 0. The molecule has 1 amide bonds. The van der Waals surface area contributed by atoms with E-state index in [1.807, 2.05) is 30.0 Å². The fourth-order valence-corrected chi connectivity index (χ4v) is 3.24. The van der Waals surface area contributed by atoms with Gasteiger partial charge in [0.05, 0.1) is 7.11 Å². The van der Waals surface area contributed by atoms with Gasteiger partial charge in [0.25, 0.3) is 5.91 Å². The zero-order valence-corrected chi connectivity index (χ0v) is 15.1. The Balaban J connectivity index is 1.67. The summed E-state index contributed by atoms with van der Waals surface area (Å²) in [5.74, 6) is 1.55. The van der Waals surface area contributed by atoms with Gasteiger partial charge in [0.15, 0.2) is 23.8 Å². The number of hydrogen-bond acceptors (Lipinski definition) is 5. The van der Waals surface area contributed by atoms with E-state index >= 15 is 0 Å². The Kier molecular flexibility index (Phi) is 4.97. The third kappa shape index (κ3) is 3.62. The highest BCUT2D eigenvalue weighted by Gasteiger charge is 2.33. The van der Waals surface area contributed by atoms with Gasteiger partial charge >= 0.3 is 0 Å². The molecule has 1 aromatic carbocycles. The first-order chi connectivity index (χ1) is 12.0. The average molecular weight is 344 g/mol. The molecule has 0 spiro atoms. The Morgan fingerprint density at radius 3 is 2.68 bits per heavy atom. The van der Waals surface area contributed by atoms with Crippen LogP contribution in [0.2, 0.25) is 0 Å². The van der Waals surface area contributed by atoms with Crippen LogP contribution in [0.15, 0.2) is 28.9 Å². The summed E-state index contributed by atoms with van der Waals surface area (Å²) >= 11 is 0. The summed E-state index contributed by atoms with van der Waals surface area (Å²) in [6.07, 6.45) is 3.45. The maximum atomic E-state index is 12.6. The van der Waals surface area contributed by atoms with Crippen LogP contribution in [0.1, 0.15) is 48.6 Å². The molecule has 1 fully saturated rings. The largest absolute Gasteiger partial charge is 0.493 e. The monoisotopic (exact) mass is 344 g/mol. The van der Waals surface area contributed by atoms with Crippen molar-refractivity contribution in [2.45, 2.75) is 52.3 Å². The highest BCUT2D eigenvalue weighted by Crippen LogP contribution is 2.29. The third-order valence-electron chi connectivity index (χ3n) is 4.63. The van der Waals surface area contributed by atoms with Gasteiger partial charge in [-0.3, -0.25) is 4.79 Å². The molecule has 2 heterocycles. The molecule has 0 saturated carbocycles. The van der Waals surface area contributed by atoms with E-state index in [9.17, 15) is 4.79 Å². The molecule has 2 atom stereocenters. The van der Waals surface area contributed by atoms with Crippen molar-refractivity contribution in [2.24, 2.45) is 0 Å². The van der Waals surface area contributed by atoms with Crippen molar-refractivity contribution in [1.82, 2.24) is 9.88 Å². The zero-order valence-electron chi connectivity index (χ0n) is 15.1. The number of likely N-dealkylation sites (tertiary alicyclic amines) is 1. The summed E-state index contributed by atoms with van der Waals surface area (Å²) in [7, 11) is 1.60. The normalized spacial score (nSPS) is 19.9. The Labute approximate surface area is 147 Å². The smallest absolute Gasteiger partial charge is 0.276 e. The first kappa shape index (κ1) is 17.3. The molecule has 134 valence electrons. The topological polar surface area (TPSA) is 64.8 Å². The van der Waals surface area contributed by atoms with Crippen LogP contribution in [0.4, 0.5) is 0 Å². The number of rotatable bonds is 5. The molecule has 0 N–H and O–H groups in total. The predicted molar refractivity (Wildman–Crippen MR) is 92.9 cm³/mol. The van der Waals surface area contributed by atoms with Crippen LogP contribution in [0.5, 0.6) is 11.5 Å². The number of benzene rings is 1. The molecule has 1 aliphatic rings. The van der Waals surface area contributed by atoms with Crippen LogP contribution < -0.4 is 9.47 Å². The summed E-state index contributed by atoms with van der Waals surface area (Å²) in [6, 6.07) is 6.15. The van der Waals surface area contributed by atoms with Crippen molar-refractivity contribution in [3.05, 3.63) is 41.6 Å². The Bertz CT molecular complexity index is 746. The van der Waals surface area contributed by atoms with E-state index < -0.39 is 0 Å². The van der Waals surface area contributed by atoms with Gasteiger partial charge in [-0.25, -0.2) is 4.98 Å². The molecule has 1 saturated heterocycles. The van der Waals surface area contributed by atoms with Crippen molar-refractivity contribution in [1.29, 1.82) is 0 Å². The van der Waals surface area contributed by atoms with E-state index in [2.05, 4.69) is 18.8 Å². The van der Waals surface area contributed by atoms with E-state index in [0.717, 1.165) is 18.4 Å². The predicted octanol–water partition coefficient (Wildman–Crippen LogP) is 3.58. The SMILES string of the molecule is COc1cc(C)ccc1OCc1nc(C(=O)N2C(C)CCC2C)co1. The third-order valence-corrected chi connectivity index (χ3v) is 4.63. The maximum Gasteiger partial charge on any atom is 0.276 e. The number of carbonyl (C=O) groups is 1. The molecule has 0 radical (unpaired) electrons. The number of methoxy groups -OCH3 is 1. The molecular formula is C19H24N2O4. The lowest BCUT2D eigenvalue weighted by atomic mass is 10.2. The summed E-state index contributed by atoms with van der Waals surface area (Å²) in [5.41, 5.74) is 1.41. The van der Waals surface area contributed by atoms with Gasteiger partial charge in [0, 0.05) is 12.1 Å². The molecule has 0 bridgehead atoms. The standard InChI is InChI=1S/C19H24N2O4/c1-12-5-8-16(17(9-12)23-4)24-11-18-20-15(10-25-18)19(22)21-13(2)6-7-14(21)3/h5,8-10,13-14H,6-7,11H2,1-4H3. The first-order valence-electron chi connectivity index (χ1n) is 8.54. The summed E-state index contributed by atoms with van der Waals surface area (Å²) < 4.78 is 16.4. The quantitative estimate of drug-likeness (QED) is 0.829. The number of amides is 1. The molecule has 1 aliphatic heterocycles. The van der Waals surface area contributed by atoms with Crippen LogP contribution in [-0.4, -0.2) is 35.0 Å². The van der Waals surface area contributed by atoms with Gasteiger partial charge in [-0.2, -0.15) is 0 Å². The van der Waals surface area contributed by atoms with Gasteiger partial charge in [0.2, 0.25) is 5.89 Å². The van der Waals surface area contributed by atoms with E-state index in [-0.39, 0.29) is 24.6 Å². The van der Waals surface area contributed by atoms with Crippen LogP contribution in [-0.2, 0) is 6.61 Å². The van der Waals surface area contributed by atoms with Crippen molar-refractivity contribution in [3.63, 3.8) is 0 Å². The van der Waals surface area contributed by atoms with Crippen LogP contribution in [0.3, 0.4) is 0 Å². The highest BCUT2D eigenvalue weighted by molar-refractivity contribution is 5.92. The molecule has 0 aliphatic carbocycles. The van der Waals surface area contributed by atoms with Crippen LogP contribution in [0.25, 0.3) is 0 Å². The second-order valence-corrected chi connectivity index (χ2v) is 6.56. The molecule has 3 rings (SSSR count). The Morgan fingerprint density at radius 1 is 1.28 bits per heavy atom. The summed E-state index contributed by atoms with van der Waals surface area (Å²) in [5, 5.41) is 0. The lowest BCUT2D eigenvalue weighted by Crippen LogP contribution is -2.38. The van der Waals surface area contributed by atoms with Crippen molar-refractivity contribution < 1.29 is 18.7 Å². The van der Waals surface area contributed by atoms with Crippen molar-refractivity contribution in [2.75, 3.05) is 7.11 Å². The molecule has 6 heteroatoms. The molecule has 25 heavy (non-hydrogen) atoms. The first-order valence-corrected chi connectivity index (χ1v) is 8.54. The minimum Gasteiger partial charge on any atom is -0.493 e. The minimum atomic E-state index is -0.0829. The lowest BCUT2D eigenvalue weighted by molar-refractivity contribution is 0.0686. The van der Waals surface area contributed by atoms with Gasteiger partial charge in [-0.15, -0.1) is 0 Å². The average Bonchev–Trinajstić information content (AvgIpc) is 3.20. The van der Waals surface area contributed by atoms with E-state index in [0.29, 0.717) is 23.1 Å². The number of aromatic nitrogens is 1. The van der Waals surface area contributed by atoms with Crippen molar-refractivity contribution in [3.8, 4) is 11.5 Å². The molecule has 2 unspecified atom stereocenters. The van der Waals surface area contributed by atoms with Crippen LogP contribution >= 0.6 is 0 Å². The molecular weight excluding hydrogens is 320 g/mol. The minimum absolute atomic E-state index is 0.0829. The van der Waals surface area contributed by atoms with Gasteiger partial charge in [-0.05, 0) is 51.3 Å². The van der Waals surface area contributed by atoms with E-state index in [1.165, 1.54) is 6.26 Å². The van der Waals surface area contributed by atoms with E-state index in [1.54, 1.807) is 7.11 Å². The summed E-state index contributed by atoms with van der Waals surface area (Å²) in [4.78, 5) is 18.8. The van der Waals surface area contributed by atoms with Gasteiger partial charge < -0.3 is 18.8 Å². The maximum absolute atomic E-state index is 12.6. The van der Waals surface area contributed by atoms with Crippen LogP contribution in [0, 0.1) is 6.92 Å². The Morgan fingerprint density at radius 2 is 2.00 bits per heavy atom. The van der Waals surface area contributed by atoms with Gasteiger partial charge in [0.1, 0.15) is 6.26 Å². The van der Waals surface area contributed by atoms with Crippen molar-refractivity contribution >= 4 is 5.91 Å². The summed E-state index contributed by atoms with van der Waals surface area (Å²) in [6.45, 7) is 6.25. The number of ether oxygens (including phenoxy) is 2. The second-order valence-electron chi connectivity index (χ2n) is 6.56. The molecule has 6 nitrogen and oxygen atoms in total. The molecule has 2 aromatic rings. The number of carbonyl (C=O) groups excluding carboxylic acids is 1.